The first kappa shape index (κ1) is 21.5. The van der Waals surface area contributed by atoms with Crippen LogP contribution in [0.4, 0.5) is 0 Å². The molecule has 0 aliphatic carbocycles. The lowest BCUT2D eigenvalue weighted by molar-refractivity contribution is 1.19. The molecular formula is C36H22N4. The maximum absolute atomic E-state index is 5.16. The maximum Gasteiger partial charge on any atom is 0.146 e. The molecule has 0 spiro atoms. The van der Waals surface area contributed by atoms with Gasteiger partial charge in [0.2, 0.25) is 0 Å². The zero-order chi connectivity index (χ0) is 26.2. The Morgan fingerprint density at radius 1 is 0.525 bits per heavy atom. The van der Waals surface area contributed by atoms with E-state index in [1.807, 2.05) is 18.5 Å². The van der Waals surface area contributed by atoms with Crippen LogP contribution in [-0.2, 0) is 0 Å². The Morgan fingerprint density at radius 2 is 1.27 bits per heavy atom. The van der Waals surface area contributed by atoms with Crippen LogP contribution in [-0.4, -0.2) is 18.9 Å². The minimum atomic E-state index is 0.984. The van der Waals surface area contributed by atoms with E-state index in [9.17, 15) is 0 Å². The normalized spacial score (nSPS) is 12.0. The number of hydrogen-bond donors (Lipinski definition) is 0. The lowest BCUT2D eigenvalue weighted by Crippen LogP contribution is -1.97. The third-order valence-corrected chi connectivity index (χ3v) is 8.15. The number of benzene rings is 5. The van der Waals surface area contributed by atoms with E-state index in [0.29, 0.717) is 0 Å². The smallest absolute Gasteiger partial charge is 0.146 e. The van der Waals surface area contributed by atoms with Gasteiger partial charge < -0.3 is 4.57 Å². The van der Waals surface area contributed by atoms with Gasteiger partial charge in [0.25, 0.3) is 0 Å². The highest BCUT2D eigenvalue weighted by Crippen LogP contribution is 2.41. The zero-order valence-electron chi connectivity index (χ0n) is 21.5. The second kappa shape index (κ2) is 8.01. The molecule has 0 bridgehead atoms. The van der Waals surface area contributed by atoms with Crippen LogP contribution < -0.4 is 0 Å². The molecular weight excluding hydrogens is 488 g/mol. The predicted molar refractivity (Wildman–Crippen MR) is 165 cm³/mol. The van der Waals surface area contributed by atoms with Gasteiger partial charge in [0, 0.05) is 50.6 Å². The molecule has 0 N–H and O–H groups in total. The van der Waals surface area contributed by atoms with E-state index in [2.05, 4.69) is 129 Å². The summed E-state index contributed by atoms with van der Waals surface area (Å²) in [6.45, 7) is 0. The van der Waals surface area contributed by atoms with Gasteiger partial charge in [0.15, 0.2) is 0 Å². The summed E-state index contributed by atoms with van der Waals surface area (Å²) < 4.78 is 4.74. The van der Waals surface area contributed by atoms with Crippen molar-refractivity contribution in [1.82, 2.24) is 18.9 Å². The van der Waals surface area contributed by atoms with Gasteiger partial charge in [-0.15, -0.1) is 0 Å². The number of aromatic nitrogens is 4. The van der Waals surface area contributed by atoms with E-state index in [1.54, 1.807) is 0 Å². The van der Waals surface area contributed by atoms with Crippen molar-refractivity contribution < 1.29 is 0 Å². The second-order valence-electron chi connectivity index (χ2n) is 10.3. The fraction of sp³-hybridized carbons (Fsp3) is 0. The minimum Gasteiger partial charge on any atom is -0.309 e. The Morgan fingerprint density at radius 3 is 2.15 bits per heavy atom. The van der Waals surface area contributed by atoms with Crippen molar-refractivity contribution >= 4 is 60.2 Å². The van der Waals surface area contributed by atoms with E-state index in [-0.39, 0.29) is 0 Å². The molecule has 0 aliphatic heterocycles. The van der Waals surface area contributed by atoms with Crippen molar-refractivity contribution in [2.24, 2.45) is 0 Å². The number of rotatable bonds is 2. The number of para-hydroxylation sites is 4. The Balaban J connectivity index is 1.51. The Labute approximate surface area is 229 Å². The monoisotopic (exact) mass is 510 g/mol. The second-order valence-corrected chi connectivity index (χ2v) is 10.3. The Bertz CT molecular complexity index is 2430. The van der Waals surface area contributed by atoms with Crippen LogP contribution in [0.25, 0.3) is 77.0 Å². The first-order valence-electron chi connectivity index (χ1n) is 13.5. The van der Waals surface area contributed by atoms with E-state index in [0.717, 1.165) is 44.4 Å². The predicted octanol–water partition coefficient (Wildman–Crippen LogP) is 8.95. The van der Waals surface area contributed by atoms with Crippen molar-refractivity contribution in [2.75, 3.05) is 0 Å². The average Bonchev–Trinajstić information content (AvgIpc) is 3.58. The first-order valence-corrected chi connectivity index (χ1v) is 13.5. The Hall–Kier alpha value is -5.48. The molecule has 4 heterocycles. The third-order valence-electron chi connectivity index (χ3n) is 8.15. The molecule has 0 amide bonds. The van der Waals surface area contributed by atoms with Gasteiger partial charge in [-0.3, -0.25) is 9.38 Å². The summed E-state index contributed by atoms with van der Waals surface area (Å²) in [5.41, 5.74) is 10.0. The molecule has 0 saturated carbocycles. The van der Waals surface area contributed by atoms with Gasteiger partial charge in [0.1, 0.15) is 5.65 Å². The quantitative estimate of drug-likeness (QED) is 0.218. The number of pyridine rings is 2. The molecule has 5 aromatic carbocycles. The highest BCUT2D eigenvalue weighted by molar-refractivity contribution is 6.28. The molecule has 186 valence electrons. The van der Waals surface area contributed by atoms with Crippen molar-refractivity contribution in [1.29, 1.82) is 0 Å². The molecule has 0 aliphatic rings. The van der Waals surface area contributed by atoms with Crippen molar-refractivity contribution in [3.63, 3.8) is 0 Å². The maximum atomic E-state index is 5.16. The van der Waals surface area contributed by atoms with E-state index >= 15 is 0 Å². The highest BCUT2D eigenvalue weighted by Gasteiger charge is 2.20. The molecule has 4 nitrogen and oxygen atoms in total. The largest absolute Gasteiger partial charge is 0.309 e. The number of fused-ring (bicyclic) bond motifs is 12. The van der Waals surface area contributed by atoms with Crippen molar-refractivity contribution in [3.8, 4) is 16.8 Å². The fourth-order valence-corrected chi connectivity index (χ4v) is 6.47. The SMILES string of the molecule is c1cncc(-c2cccc(-n3c4ccccc4c4ccc5c(c6ccccc6n6c7ccccc7nc56)c43)c2)c1. The highest BCUT2D eigenvalue weighted by atomic mass is 15.0. The van der Waals surface area contributed by atoms with Gasteiger partial charge in [0.05, 0.1) is 27.6 Å². The lowest BCUT2D eigenvalue weighted by atomic mass is 10.0. The number of hydrogen-bond acceptors (Lipinski definition) is 2. The molecule has 0 fully saturated rings. The molecule has 9 rings (SSSR count). The molecule has 0 radical (unpaired) electrons. The van der Waals surface area contributed by atoms with Crippen molar-refractivity contribution in [2.45, 2.75) is 0 Å². The molecule has 40 heavy (non-hydrogen) atoms. The van der Waals surface area contributed by atoms with Crippen LogP contribution in [0.2, 0.25) is 0 Å². The number of imidazole rings is 1. The molecule has 9 aromatic rings. The van der Waals surface area contributed by atoms with Gasteiger partial charge in [-0.2, -0.15) is 0 Å². The number of nitrogens with zero attached hydrogens (tertiary/aromatic N) is 4. The van der Waals surface area contributed by atoms with Crippen LogP contribution in [0.5, 0.6) is 0 Å². The van der Waals surface area contributed by atoms with E-state index < -0.39 is 0 Å². The first-order chi connectivity index (χ1) is 19.9. The van der Waals surface area contributed by atoms with Crippen LogP contribution in [0.3, 0.4) is 0 Å². The topological polar surface area (TPSA) is 35.1 Å². The van der Waals surface area contributed by atoms with Crippen LogP contribution in [0, 0.1) is 0 Å². The summed E-state index contributed by atoms with van der Waals surface area (Å²) in [6, 6.07) is 43.2. The summed E-state index contributed by atoms with van der Waals surface area (Å²) in [5, 5.41) is 6.06. The molecule has 0 atom stereocenters. The summed E-state index contributed by atoms with van der Waals surface area (Å²) in [6.07, 6.45) is 3.74. The van der Waals surface area contributed by atoms with Crippen molar-refractivity contribution in [3.05, 3.63) is 134 Å². The van der Waals surface area contributed by atoms with Crippen LogP contribution in [0.1, 0.15) is 0 Å². The van der Waals surface area contributed by atoms with Gasteiger partial charge in [-0.05, 0) is 54.1 Å². The van der Waals surface area contributed by atoms with Gasteiger partial charge in [-0.1, -0.05) is 72.8 Å². The van der Waals surface area contributed by atoms with Crippen LogP contribution >= 0.6 is 0 Å². The minimum absolute atomic E-state index is 0.984. The molecule has 4 heteroatoms. The Kier molecular flexibility index (Phi) is 4.30. The molecule has 4 aromatic heterocycles. The van der Waals surface area contributed by atoms with E-state index in [1.165, 1.54) is 32.6 Å². The summed E-state index contributed by atoms with van der Waals surface area (Å²) in [5.74, 6) is 0. The summed E-state index contributed by atoms with van der Waals surface area (Å²) >= 11 is 0. The summed E-state index contributed by atoms with van der Waals surface area (Å²) in [4.78, 5) is 9.52. The van der Waals surface area contributed by atoms with Gasteiger partial charge >= 0.3 is 0 Å². The zero-order valence-corrected chi connectivity index (χ0v) is 21.5. The van der Waals surface area contributed by atoms with E-state index in [4.69, 9.17) is 4.98 Å². The van der Waals surface area contributed by atoms with Gasteiger partial charge in [-0.25, -0.2) is 4.98 Å². The summed E-state index contributed by atoms with van der Waals surface area (Å²) in [7, 11) is 0. The fourth-order valence-electron chi connectivity index (χ4n) is 6.47. The van der Waals surface area contributed by atoms with Crippen LogP contribution in [0.15, 0.2) is 134 Å². The molecule has 0 saturated heterocycles. The average molecular weight is 511 g/mol. The molecule has 0 unspecified atom stereocenters. The standard InChI is InChI=1S/C36H22N4/c1-4-15-31-26(12-1)27-18-19-29-34(35(27)39(31)25-11-7-9-23(21-25)24-10-8-20-37-22-24)28-13-2-5-16-32(28)40-33-17-6-3-14-30(33)38-36(29)40/h1-22H. The third kappa shape index (κ3) is 2.85. The lowest BCUT2D eigenvalue weighted by Gasteiger charge is -2.14.